The first-order valence-electron chi connectivity index (χ1n) is 7.10. The largest absolute Gasteiger partial charge is 0.377 e. The Labute approximate surface area is 110 Å². The third kappa shape index (κ3) is 3.82. The van der Waals surface area contributed by atoms with Gasteiger partial charge in [0.25, 0.3) is 0 Å². The first-order chi connectivity index (χ1) is 8.77. The predicted octanol–water partition coefficient (Wildman–Crippen LogP) is 2.42. The number of rotatable bonds is 6. The fourth-order valence-electron chi connectivity index (χ4n) is 2.65. The van der Waals surface area contributed by atoms with E-state index < -0.39 is 0 Å². The van der Waals surface area contributed by atoms with Crippen LogP contribution in [-0.2, 0) is 11.8 Å². The highest BCUT2D eigenvalue weighted by Gasteiger charge is 2.13. The molecule has 2 rings (SSSR count). The normalized spacial score (nSPS) is 19.0. The Morgan fingerprint density at radius 1 is 1.44 bits per heavy atom. The maximum Gasteiger partial charge on any atom is 0.0594 e. The molecule has 102 valence electrons. The van der Waals surface area contributed by atoms with Crippen LogP contribution in [0.4, 0.5) is 0 Å². The van der Waals surface area contributed by atoms with Crippen LogP contribution in [-0.4, -0.2) is 29.0 Å². The van der Waals surface area contributed by atoms with Gasteiger partial charge in [-0.05, 0) is 25.8 Å². The molecule has 18 heavy (non-hydrogen) atoms. The van der Waals surface area contributed by atoms with E-state index in [9.17, 15) is 0 Å². The van der Waals surface area contributed by atoms with Crippen molar-refractivity contribution < 1.29 is 4.74 Å². The summed E-state index contributed by atoms with van der Waals surface area (Å²) in [7, 11) is 1.98. The molecule has 1 heterocycles. The van der Waals surface area contributed by atoms with Crippen molar-refractivity contribution in [1.29, 1.82) is 0 Å². The van der Waals surface area contributed by atoms with Crippen LogP contribution in [0.3, 0.4) is 0 Å². The number of nitrogens with one attached hydrogen (secondary N) is 1. The van der Waals surface area contributed by atoms with E-state index in [0.717, 1.165) is 13.2 Å². The number of nitrogens with zero attached hydrogens (tertiary/aromatic N) is 2. The Morgan fingerprint density at radius 2 is 2.22 bits per heavy atom. The minimum atomic E-state index is 0.326. The maximum absolute atomic E-state index is 5.90. The Balaban J connectivity index is 1.61. The van der Waals surface area contributed by atoms with E-state index in [1.807, 2.05) is 17.9 Å². The first-order valence-corrected chi connectivity index (χ1v) is 7.10. The number of ether oxygens (including phenoxy) is 1. The summed E-state index contributed by atoms with van der Waals surface area (Å²) in [6, 6.07) is 2.38. The molecule has 1 aliphatic rings. The molecule has 0 radical (unpaired) electrons. The lowest BCUT2D eigenvalue weighted by atomic mass is 9.98. The number of aromatic nitrogens is 2. The summed E-state index contributed by atoms with van der Waals surface area (Å²) in [5.74, 6) is 0. The molecule has 0 spiro atoms. The van der Waals surface area contributed by atoms with Gasteiger partial charge in [0.15, 0.2) is 0 Å². The lowest BCUT2D eigenvalue weighted by molar-refractivity contribution is 0.0294. The van der Waals surface area contributed by atoms with Crippen LogP contribution in [0, 0.1) is 0 Å². The van der Waals surface area contributed by atoms with E-state index in [-0.39, 0.29) is 0 Å². The average molecular weight is 251 g/mol. The van der Waals surface area contributed by atoms with Gasteiger partial charge in [0.2, 0.25) is 0 Å². The molecule has 1 unspecified atom stereocenters. The van der Waals surface area contributed by atoms with Crippen molar-refractivity contribution in [2.45, 2.75) is 51.2 Å². The summed E-state index contributed by atoms with van der Waals surface area (Å²) < 4.78 is 7.81. The fourth-order valence-corrected chi connectivity index (χ4v) is 2.65. The second kappa shape index (κ2) is 6.90. The van der Waals surface area contributed by atoms with Gasteiger partial charge in [-0.15, -0.1) is 0 Å². The van der Waals surface area contributed by atoms with E-state index in [2.05, 4.69) is 23.4 Å². The molecule has 0 aromatic carbocycles. The van der Waals surface area contributed by atoms with Gasteiger partial charge in [0.1, 0.15) is 0 Å². The molecule has 0 bridgehead atoms. The molecule has 1 aromatic rings. The molecule has 1 aliphatic carbocycles. The number of hydrogen-bond donors (Lipinski definition) is 1. The lowest BCUT2D eigenvalue weighted by Gasteiger charge is -2.22. The lowest BCUT2D eigenvalue weighted by Crippen LogP contribution is -2.27. The van der Waals surface area contributed by atoms with E-state index in [1.165, 1.54) is 37.8 Å². The molecule has 1 fully saturated rings. The van der Waals surface area contributed by atoms with Gasteiger partial charge < -0.3 is 10.1 Å². The molecule has 1 saturated carbocycles. The van der Waals surface area contributed by atoms with Crippen LogP contribution < -0.4 is 5.32 Å². The highest BCUT2D eigenvalue weighted by atomic mass is 16.5. The van der Waals surface area contributed by atoms with Crippen LogP contribution in [0.15, 0.2) is 12.3 Å². The van der Waals surface area contributed by atoms with Crippen molar-refractivity contribution in [2.75, 3.05) is 13.2 Å². The molecule has 0 amide bonds. The number of hydrogen-bond acceptors (Lipinski definition) is 3. The van der Waals surface area contributed by atoms with Crippen LogP contribution >= 0.6 is 0 Å². The predicted molar refractivity (Wildman–Crippen MR) is 72.5 cm³/mol. The summed E-state index contributed by atoms with van der Waals surface area (Å²) in [5, 5.41) is 7.66. The van der Waals surface area contributed by atoms with Crippen molar-refractivity contribution in [3.63, 3.8) is 0 Å². The minimum Gasteiger partial charge on any atom is -0.377 e. The minimum absolute atomic E-state index is 0.326. The van der Waals surface area contributed by atoms with E-state index >= 15 is 0 Å². The third-order valence-electron chi connectivity index (χ3n) is 3.76. The van der Waals surface area contributed by atoms with Gasteiger partial charge in [-0.1, -0.05) is 19.3 Å². The van der Waals surface area contributed by atoms with Crippen molar-refractivity contribution in [3.8, 4) is 0 Å². The molecule has 4 heteroatoms. The van der Waals surface area contributed by atoms with Crippen LogP contribution in [0.5, 0.6) is 0 Å². The second-order valence-corrected chi connectivity index (χ2v) is 5.19. The fraction of sp³-hybridized carbons (Fsp3) is 0.786. The van der Waals surface area contributed by atoms with Gasteiger partial charge in [-0.2, -0.15) is 5.10 Å². The molecular weight excluding hydrogens is 226 g/mol. The van der Waals surface area contributed by atoms with Crippen LogP contribution in [0.1, 0.15) is 50.8 Å². The molecule has 1 atom stereocenters. The van der Waals surface area contributed by atoms with E-state index in [4.69, 9.17) is 4.74 Å². The highest BCUT2D eigenvalue weighted by Crippen LogP contribution is 2.20. The SMILES string of the molecule is CC(NCCOC1CCCCC1)c1ccnn1C. The standard InChI is InChI=1S/C14H25N3O/c1-12(14-8-9-16-17(14)2)15-10-11-18-13-6-4-3-5-7-13/h8-9,12-13,15H,3-7,10-11H2,1-2H3. The molecular formula is C14H25N3O. The second-order valence-electron chi connectivity index (χ2n) is 5.19. The first kappa shape index (κ1) is 13.6. The summed E-state index contributed by atoms with van der Waals surface area (Å²) >= 11 is 0. The molecule has 0 saturated heterocycles. The summed E-state index contributed by atoms with van der Waals surface area (Å²) in [5.41, 5.74) is 1.22. The van der Waals surface area contributed by atoms with E-state index in [1.54, 1.807) is 0 Å². The smallest absolute Gasteiger partial charge is 0.0594 e. The Bertz CT molecular complexity index is 345. The highest BCUT2D eigenvalue weighted by molar-refractivity contribution is 5.04. The molecule has 1 N–H and O–H groups in total. The molecule has 0 aliphatic heterocycles. The van der Waals surface area contributed by atoms with Crippen molar-refractivity contribution in [2.24, 2.45) is 7.05 Å². The van der Waals surface area contributed by atoms with Gasteiger partial charge in [-0.25, -0.2) is 0 Å². The summed E-state index contributed by atoms with van der Waals surface area (Å²) in [6.45, 7) is 3.88. The Morgan fingerprint density at radius 3 is 2.89 bits per heavy atom. The third-order valence-corrected chi connectivity index (χ3v) is 3.76. The van der Waals surface area contributed by atoms with Gasteiger partial charge >= 0.3 is 0 Å². The number of aryl methyl sites for hydroxylation is 1. The topological polar surface area (TPSA) is 39.1 Å². The van der Waals surface area contributed by atoms with Crippen molar-refractivity contribution in [3.05, 3.63) is 18.0 Å². The van der Waals surface area contributed by atoms with Crippen LogP contribution in [0.2, 0.25) is 0 Å². The van der Waals surface area contributed by atoms with Gasteiger partial charge in [-0.3, -0.25) is 4.68 Å². The van der Waals surface area contributed by atoms with E-state index in [0.29, 0.717) is 12.1 Å². The van der Waals surface area contributed by atoms with Gasteiger partial charge in [0, 0.05) is 25.8 Å². The van der Waals surface area contributed by atoms with Crippen LogP contribution in [0.25, 0.3) is 0 Å². The maximum atomic E-state index is 5.90. The molecule has 1 aromatic heterocycles. The average Bonchev–Trinajstić information content (AvgIpc) is 2.82. The van der Waals surface area contributed by atoms with Crippen molar-refractivity contribution >= 4 is 0 Å². The summed E-state index contributed by atoms with van der Waals surface area (Å²) in [4.78, 5) is 0. The molecule has 4 nitrogen and oxygen atoms in total. The monoisotopic (exact) mass is 251 g/mol. The van der Waals surface area contributed by atoms with Crippen molar-refractivity contribution in [1.82, 2.24) is 15.1 Å². The Hall–Kier alpha value is -0.870. The zero-order valence-corrected chi connectivity index (χ0v) is 11.6. The zero-order chi connectivity index (χ0) is 12.8. The zero-order valence-electron chi connectivity index (χ0n) is 11.6. The van der Waals surface area contributed by atoms with Gasteiger partial charge in [0.05, 0.1) is 18.4 Å². The quantitative estimate of drug-likeness (QED) is 0.789. The summed E-state index contributed by atoms with van der Waals surface area (Å²) in [6.07, 6.45) is 8.90. The Kier molecular flexibility index (Phi) is 5.20.